The Labute approximate surface area is 218 Å². The third-order valence-electron chi connectivity index (χ3n) is 5.77. The Morgan fingerprint density at radius 1 is 1.06 bits per heavy atom. The van der Waals surface area contributed by atoms with Crippen LogP contribution in [0.25, 0.3) is 0 Å². The van der Waals surface area contributed by atoms with Crippen LogP contribution in [-0.2, 0) is 26.2 Å². The van der Waals surface area contributed by atoms with Gasteiger partial charge in [-0.2, -0.15) is 0 Å². The minimum absolute atomic E-state index is 0.171. The highest BCUT2D eigenvalue weighted by Crippen LogP contribution is 2.23. The number of carbonyl (C=O) groups excluding carboxylic acids is 2. The summed E-state index contributed by atoms with van der Waals surface area (Å²) >= 11 is 3.44. The number of anilines is 1. The van der Waals surface area contributed by atoms with E-state index in [2.05, 4.69) is 35.1 Å². The second-order valence-electron chi connectivity index (χ2n) is 8.99. The first-order valence-electron chi connectivity index (χ1n) is 11.8. The summed E-state index contributed by atoms with van der Waals surface area (Å²) in [6.45, 7) is 8.10. The average Bonchev–Trinajstić information content (AvgIpc) is 2.80. The summed E-state index contributed by atoms with van der Waals surface area (Å²) in [5, 5.41) is 2.87. The molecule has 2 amide bonds. The molecule has 2 aromatic rings. The first-order valence-corrected chi connectivity index (χ1v) is 14.5. The fraction of sp³-hybridized carbons (Fsp3) is 0.462. The van der Waals surface area contributed by atoms with Crippen LogP contribution in [0.15, 0.2) is 53.0 Å². The quantitative estimate of drug-likeness (QED) is 0.379. The minimum atomic E-state index is -3.74. The molecule has 7 nitrogen and oxygen atoms in total. The molecule has 0 aliphatic rings. The standard InChI is InChI=1S/C26H36BrN3O4S/c1-6-7-15-28-26(32)20(4)29(17-21-9-8-10-23(27)16-21)25(31)18-30(35(5,33)34)24-13-11-22(12-14-24)19(2)3/h8-14,16,19-20H,6-7,15,17-18H2,1-5H3,(H,28,32)/t20-/m1/s1. The molecule has 192 valence electrons. The van der Waals surface area contributed by atoms with Gasteiger partial charge in [-0.25, -0.2) is 8.42 Å². The maximum atomic E-state index is 13.5. The number of rotatable bonds is 12. The molecule has 1 N–H and O–H groups in total. The number of amides is 2. The lowest BCUT2D eigenvalue weighted by Gasteiger charge is -2.31. The van der Waals surface area contributed by atoms with Crippen LogP contribution in [0.1, 0.15) is 57.6 Å². The molecule has 0 radical (unpaired) electrons. The molecular formula is C26H36BrN3O4S. The predicted octanol–water partition coefficient (Wildman–Crippen LogP) is 4.67. The number of sulfonamides is 1. The summed E-state index contributed by atoms with van der Waals surface area (Å²) in [6, 6.07) is 13.9. The van der Waals surface area contributed by atoms with Gasteiger partial charge in [0, 0.05) is 17.6 Å². The van der Waals surface area contributed by atoms with E-state index in [0.717, 1.165) is 39.0 Å². The van der Waals surface area contributed by atoms with Gasteiger partial charge in [0.25, 0.3) is 0 Å². The van der Waals surface area contributed by atoms with E-state index >= 15 is 0 Å². The molecule has 0 unspecified atom stereocenters. The van der Waals surface area contributed by atoms with Crippen molar-refractivity contribution >= 4 is 43.5 Å². The Bertz CT molecular complexity index is 1100. The van der Waals surface area contributed by atoms with Gasteiger partial charge in [-0.15, -0.1) is 0 Å². The third-order valence-corrected chi connectivity index (χ3v) is 7.40. The monoisotopic (exact) mass is 565 g/mol. The SMILES string of the molecule is CCCCNC(=O)[C@@H](C)N(Cc1cccc(Br)c1)C(=O)CN(c1ccc(C(C)C)cc1)S(C)(=O)=O. The van der Waals surface area contributed by atoms with Crippen LogP contribution in [-0.4, -0.2) is 50.5 Å². The van der Waals surface area contributed by atoms with Crippen LogP contribution >= 0.6 is 15.9 Å². The van der Waals surface area contributed by atoms with E-state index in [9.17, 15) is 18.0 Å². The van der Waals surface area contributed by atoms with Gasteiger partial charge in [-0.05, 0) is 54.7 Å². The van der Waals surface area contributed by atoms with Gasteiger partial charge in [0.1, 0.15) is 12.6 Å². The van der Waals surface area contributed by atoms with Crippen molar-refractivity contribution in [2.24, 2.45) is 0 Å². The Kier molecular flexibility index (Phi) is 10.8. The van der Waals surface area contributed by atoms with E-state index < -0.39 is 28.5 Å². The van der Waals surface area contributed by atoms with Gasteiger partial charge in [0.15, 0.2) is 0 Å². The fourth-order valence-corrected chi connectivity index (χ4v) is 4.89. The highest BCUT2D eigenvalue weighted by molar-refractivity contribution is 9.10. The van der Waals surface area contributed by atoms with Crippen molar-refractivity contribution in [2.45, 2.75) is 59.0 Å². The molecule has 9 heteroatoms. The zero-order valence-corrected chi connectivity index (χ0v) is 23.5. The number of hydrogen-bond donors (Lipinski definition) is 1. The molecule has 35 heavy (non-hydrogen) atoms. The van der Waals surface area contributed by atoms with Crippen molar-refractivity contribution in [1.82, 2.24) is 10.2 Å². The van der Waals surface area contributed by atoms with Gasteiger partial charge in [0.2, 0.25) is 21.8 Å². The predicted molar refractivity (Wildman–Crippen MR) is 145 cm³/mol. The molecule has 1 atom stereocenters. The summed E-state index contributed by atoms with van der Waals surface area (Å²) < 4.78 is 27.3. The van der Waals surface area contributed by atoms with Gasteiger partial charge >= 0.3 is 0 Å². The number of nitrogens with one attached hydrogen (secondary N) is 1. The Balaban J connectivity index is 2.35. The largest absolute Gasteiger partial charge is 0.354 e. The number of carbonyl (C=O) groups is 2. The summed E-state index contributed by atoms with van der Waals surface area (Å²) in [6.07, 6.45) is 2.86. The first-order chi connectivity index (χ1) is 16.4. The molecule has 0 aromatic heterocycles. The van der Waals surface area contributed by atoms with Crippen LogP contribution in [0.4, 0.5) is 5.69 Å². The van der Waals surface area contributed by atoms with Gasteiger partial charge in [-0.1, -0.05) is 67.4 Å². The number of nitrogens with zero attached hydrogens (tertiary/aromatic N) is 2. The number of hydrogen-bond acceptors (Lipinski definition) is 4. The Morgan fingerprint density at radius 2 is 1.71 bits per heavy atom. The Morgan fingerprint density at radius 3 is 2.26 bits per heavy atom. The van der Waals surface area contributed by atoms with Crippen LogP contribution in [0.2, 0.25) is 0 Å². The van der Waals surface area contributed by atoms with Crippen LogP contribution in [0.3, 0.4) is 0 Å². The van der Waals surface area contributed by atoms with Gasteiger partial charge < -0.3 is 10.2 Å². The van der Waals surface area contributed by atoms with Crippen LogP contribution in [0, 0.1) is 0 Å². The van der Waals surface area contributed by atoms with E-state index in [1.54, 1.807) is 19.1 Å². The maximum absolute atomic E-state index is 13.5. The van der Waals surface area contributed by atoms with Crippen molar-refractivity contribution < 1.29 is 18.0 Å². The zero-order valence-electron chi connectivity index (χ0n) is 21.1. The van der Waals surface area contributed by atoms with E-state index in [1.165, 1.54) is 4.90 Å². The molecule has 2 aromatic carbocycles. The molecule has 0 aliphatic carbocycles. The summed E-state index contributed by atoms with van der Waals surface area (Å²) in [5.41, 5.74) is 2.31. The molecule has 0 saturated heterocycles. The van der Waals surface area contributed by atoms with Crippen molar-refractivity contribution in [3.8, 4) is 0 Å². The molecule has 0 heterocycles. The first kappa shape index (κ1) is 28.8. The maximum Gasteiger partial charge on any atom is 0.244 e. The lowest BCUT2D eigenvalue weighted by atomic mass is 10.0. The van der Waals surface area contributed by atoms with Crippen molar-refractivity contribution in [2.75, 3.05) is 23.7 Å². The Hall–Kier alpha value is -2.39. The minimum Gasteiger partial charge on any atom is -0.354 e. The van der Waals surface area contributed by atoms with Gasteiger partial charge in [0.05, 0.1) is 11.9 Å². The van der Waals surface area contributed by atoms with Crippen molar-refractivity contribution in [3.05, 3.63) is 64.1 Å². The van der Waals surface area contributed by atoms with Crippen LogP contribution in [0.5, 0.6) is 0 Å². The molecule has 0 aliphatic heterocycles. The molecular weight excluding hydrogens is 530 g/mol. The number of halogens is 1. The summed E-state index contributed by atoms with van der Waals surface area (Å²) in [5.74, 6) is -0.430. The average molecular weight is 567 g/mol. The number of unbranched alkanes of at least 4 members (excludes halogenated alkanes) is 1. The molecule has 0 fully saturated rings. The molecule has 0 bridgehead atoms. The smallest absolute Gasteiger partial charge is 0.244 e. The van der Waals surface area contributed by atoms with E-state index in [-0.39, 0.29) is 12.5 Å². The molecule has 0 saturated carbocycles. The van der Waals surface area contributed by atoms with Crippen molar-refractivity contribution in [3.63, 3.8) is 0 Å². The zero-order chi connectivity index (χ0) is 26.2. The lowest BCUT2D eigenvalue weighted by Crippen LogP contribution is -2.51. The lowest BCUT2D eigenvalue weighted by molar-refractivity contribution is -0.139. The molecule has 2 rings (SSSR count). The van der Waals surface area contributed by atoms with E-state index in [1.807, 2.05) is 43.3 Å². The second-order valence-corrected chi connectivity index (χ2v) is 11.8. The topological polar surface area (TPSA) is 86.8 Å². The summed E-state index contributed by atoms with van der Waals surface area (Å²) in [7, 11) is -3.74. The highest BCUT2D eigenvalue weighted by Gasteiger charge is 2.30. The molecule has 0 spiro atoms. The van der Waals surface area contributed by atoms with E-state index in [0.29, 0.717) is 18.2 Å². The van der Waals surface area contributed by atoms with Crippen molar-refractivity contribution in [1.29, 1.82) is 0 Å². The number of benzene rings is 2. The third kappa shape index (κ3) is 8.65. The summed E-state index contributed by atoms with van der Waals surface area (Å²) in [4.78, 5) is 27.8. The normalized spacial score (nSPS) is 12.3. The fourth-order valence-electron chi connectivity index (χ4n) is 3.59. The highest BCUT2D eigenvalue weighted by atomic mass is 79.9. The van der Waals surface area contributed by atoms with E-state index in [4.69, 9.17) is 0 Å². The van der Waals surface area contributed by atoms with Gasteiger partial charge in [-0.3, -0.25) is 13.9 Å². The van der Waals surface area contributed by atoms with Crippen LogP contribution < -0.4 is 9.62 Å². The second kappa shape index (κ2) is 13.1.